The minimum atomic E-state index is -4.27. The molecule has 5 nitrogen and oxygen atoms in total. The highest BCUT2D eigenvalue weighted by atomic mass is 35.5. The Labute approximate surface area is 164 Å². The van der Waals surface area contributed by atoms with Gasteiger partial charge in [0, 0.05) is 30.8 Å². The Bertz CT molecular complexity index is 754. The predicted molar refractivity (Wildman–Crippen MR) is 102 cm³/mol. The second-order valence-electron chi connectivity index (χ2n) is 5.98. The van der Waals surface area contributed by atoms with Crippen LogP contribution in [0.2, 0.25) is 5.15 Å². The van der Waals surface area contributed by atoms with Crippen molar-refractivity contribution in [2.45, 2.75) is 37.6 Å². The lowest BCUT2D eigenvalue weighted by Crippen LogP contribution is -2.34. The number of pyridine rings is 1. The largest absolute Gasteiger partial charge is 0.389 e. The summed E-state index contributed by atoms with van der Waals surface area (Å²) in [6.07, 6.45) is 1.33. The van der Waals surface area contributed by atoms with Crippen molar-refractivity contribution in [3.63, 3.8) is 0 Å². The Morgan fingerprint density at radius 2 is 2.19 bits per heavy atom. The summed E-state index contributed by atoms with van der Waals surface area (Å²) in [4.78, 5) is 18.0. The number of thioether (sulfide) groups is 1. The van der Waals surface area contributed by atoms with Crippen molar-refractivity contribution in [3.05, 3.63) is 35.9 Å². The number of carbonyl (C=O) groups is 1. The fourth-order valence-electron chi connectivity index (χ4n) is 2.40. The molecule has 0 saturated carbocycles. The first-order valence-corrected chi connectivity index (χ1v) is 9.93. The molecule has 0 aromatic carbocycles. The minimum Gasteiger partial charge on any atom is -0.308 e. The van der Waals surface area contributed by atoms with E-state index in [1.165, 1.54) is 27.5 Å². The molecule has 148 valence electrons. The molecular formula is C17H20ClF3N4OS. The average molecular weight is 421 g/mol. The lowest BCUT2D eigenvalue weighted by molar-refractivity contribution is -0.135. The normalized spacial score (nSPS) is 12.8. The Balaban J connectivity index is 2.26. The van der Waals surface area contributed by atoms with Gasteiger partial charge < -0.3 is 4.90 Å². The predicted octanol–water partition coefficient (Wildman–Crippen LogP) is 4.74. The zero-order chi connectivity index (χ0) is 20.0. The van der Waals surface area contributed by atoms with Gasteiger partial charge in [-0.05, 0) is 24.8 Å². The number of aromatic nitrogens is 3. The molecule has 2 heterocycles. The number of rotatable bonds is 8. The molecule has 0 fully saturated rings. The summed E-state index contributed by atoms with van der Waals surface area (Å²) in [6, 6.07) is 3.47. The molecule has 0 spiro atoms. The maximum absolute atomic E-state index is 12.7. The van der Waals surface area contributed by atoms with Gasteiger partial charge in [-0.2, -0.15) is 30.0 Å². The number of hydrogen-bond donors (Lipinski definition) is 0. The maximum Gasteiger partial charge on any atom is 0.389 e. The van der Waals surface area contributed by atoms with Crippen LogP contribution in [0.5, 0.6) is 0 Å². The molecular weight excluding hydrogens is 401 g/mol. The fraction of sp³-hybridized carbons (Fsp3) is 0.471. The second kappa shape index (κ2) is 9.45. The van der Waals surface area contributed by atoms with Gasteiger partial charge in [0.1, 0.15) is 5.69 Å². The molecule has 0 radical (unpaired) electrons. The summed E-state index contributed by atoms with van der Waals surface area (Å²) in [6.45, 7) is 1.80. The number of amides is 1. The maximum atomic E-state index is 12.7. The van der Waals surface area contributed by atoms with Gasteiger partial charge in [0.05, 0.1) is 18.1 Å². The number of halogens is 4. The van der Waals surface area contributed by atoms with E-state index in [0.717, 1.165) is 0 Å². The van der Waals surface area contributed by atoms with Gasteiger partial charge in [0.25, 0.3) is 0 Å². The van der Waals surface area contributed by atoms with Crippen LogP contribution in [0, 0.1) is 0 Å². The molecule has 0 N–H and O–H groups in total. The molecule has 2 aromatic rings. The quantitative estimate of drug-likeness (QED) is 0.619. The van der Waals surface area contributed by atoms with Crippen LogP contribution in [-0.2, 0) is 4.79 Å². The van der Waals surface area contributed by atoms with Crippen LogP contribution >= 0.6 is 23.4 Å². The van der Waals surface area contributed by atoms with Gasteiger partial charge in [-0.15, -0.1) is 0 Å². The van der Waals surface area contributed by atoms with Gasteiger partial charge >= 0.3 is 6.18 Å². The summed E-state index contributed by atoms with van der Waals surface area (Å²) in [7, 11) is 0. The number of hydrogen-bond acceptors (Lipinski definition) is 4. The molecule has 2 rings (SSSR count). The van der Waals surface area contributed by atoms with Crippen LogP contribution in [0.4, 0.5) is 18.9 Å². The molecule has 0 aliphatic rings. The molecule has 0 aliphatic heterocycles. The third kappa shape index (κ3) is 6.42. The summed E-state index contributed by atoms with van der Waals surface area (Å²) >= 11 is 7.71. The highest BCUT2D eigenvalue weighted by Gasteiger charge is 2.28. The van der Waals surface area contributed by atoms with Crippen molar-refractivity contribution >= 4 is 35.0 Å². The van der Waals surface area contributed by atoms with E-state index in [9.17, 15) is 18.0 Å². The average Bonchev–Trinajstić information content (AvgIpc) is 3.00. The van der Waals surface area contributed by atoms with E-state index in [-0.39, 0.29) is 35.7 Å². The first-order chi connectivity index (χ1) is 12.7. The van der Waals surface area contributed by atoms with Gasteiger partial charge in [0.15, 0.2) is 5.15 Å². The van der Waals surface area contributed by atoms with E-state index in [4.69, 9.17) is 11.6 Å². The molecule has 1 unspecified atom stereocenters. The topological polar surface area (TPSA) is 51.0 Å². The van der Waals surface area contributed by atoms with Crippen LogP contribution in [0.15, 0.2) is 30.7 Å². The smallest absolute Gasteiger partial charge is 0.308 e. The summed E-state index contributed by atoms with van der Waals surface area (Å²) < 4.78 is 39.0. The Morgan fingerprint density at radius 3 is 2.78 bits per heavy atom. The van der Waals surface area contributed by atoms with Crippen LogP contribution in [0.25, 0.3) is 5.69 Å². The first-order valence-electron chi connectivity index (χ1n) is 8.26. The zero-order valence-electron chi connectivity index (χ0n) is 14.9. The monoisotopic (exact) mass is 420 g/mol. The Morgan fingerprint density at radius 1 is 1.44 bits per heavy atom. The van der Waals surface area contributed by atoms with Crippen LogP contribution in [0.1, 0.15) is 26.2 Å². The standard InChI is InChI=1S/C17H20ClF3N4OS/c1-12(27-2)9-15(26)24(8-4-6-17(19,20)21)14-11-25(23-16(14)18)13-5-3-7-22-10-13/h3,5,7,10-12H,4,6,8-9H2,1-2H3. The zero-order valence-corrected chi connectivity index (χ0v) is 16.5. The van der Waals surface area contributed by atoms with E-state index < -0.39 is 12.6 Å². The molecule has 1 atom stereocenters. The highest BCUT2D eigenvalue weighted by molar-refractivity contribution is 7.99. The van der Waals surface area contributed by atoms with Crippen molar-refractivity contribution < 1.29 is 18.0 Å². The van der Waals surface area contributed by atoms with Crippen molar-refractivity contribution in [1.29, 1.82) is 0 Å². The summed E-state index contributed by atoms with van der Waals surface area (Å²) in [5.41, 5.74) is 0.923. The van der Waals surface area contributed by atoms with Crippen LogP contribution in [-0.4, -0.2) is 44.9 Å². The number of alkyl halides is 3. The summed E-state index contributed by atoms with van der Waals surface area (Å²) in [5.74, 6) is -0.285. The van der Waals surface area contributed by atoms with Crippen molar-refractivity contribution in [1.82, 2.24) is 14.8 Å². The van der Waals surface area contributed by atoms with Gasteiger partial charge in [-0.1, -0.05) is 18.5 Å². The fourth-order valence-corrected chi connectivity index (χ4v) is 2.94. The number of anilines is 1. The lowest BCUT2D eigenvalue weighted by Gasteiger charge is -2.23. The molecule has 0 bridgehead atoms. The molecule has 10 heteroatoms. The van der Waals surface area contributed by atoms with Crippen LogP contribution < -0.4 is 4.90 Å². The van der Waals surface area contributed by atoms with Gasteiger partial charge in [-0.3, -0.25) is 9.78 Å². The van der Waals surface area contributed by atoms with E-state index in [2.05, 4.69) is 10.1 Å². The second-order valence-corrected chi connectivity index (χ2v) is 7.61. The lowest BCUT2D eigenvalue weighted by atomic mass is 10.2. The Kier molecular flexibility index (Phi) is 7.55. The van der Waals surface area contributed by atoms with Gasteiger partial charge in [-0.25, -0.2) is 4.68 Å². The Hall–Kier alpha value is -1.74. The van der Waals surface area contributed by atoms with Crippen molar-refractivity contribution in [2.24, 2.45) is 0 Å². The SMILES string of the molecule is CSC(C)CC(=O)N(CCCC(F)(F)F)c1cn(-c2cccnc2)nc1Cl. The molecule has 2 aromatic heterocycles. The molecule has 27 heavy (non-hydrogen) atoms. The van der Waals surface area contributed by atoms with E-state index >= 15 is 0 Å². The van der Waals surface area contributed by atoms with Crippen molar-refractivity contribution in [3.8, 4) is 5.69 Å². The third-order valence-electron chi connectivity index (χ3n) is 3.86. The first kappa shape index (κ1) is 21.6. The van der Waals surface area contributed by atoms with E-state index in [1.54, 1.807) is 24.5 Å². The van der Waals surface area contributed by atoms with E-state index in [0.29, 0.717) is 11.4 Å². The minimum absolute atomic E-state index is 0.0368. The molecule has 0 saturated heterocycles. The highest BCUT2D eigenvalue weighted by Crippen LogP contribution is 2.29. The summed E-state index contributed by atoms with van der Waals surface area (Å²) in [5, 5.41) is 4.25. The van der Waals surface area contributed by atoms with Crippen molar-refractivity contribution in [2.75, 3.05) is 17.7 Å². The number of carbonyl (C=O) groups excluding carboxylic acids is 1. The van der Waals surface area contributed by atoms with E-state index in [1.807, 2.05) is 13.2 Å². The molecule has 0 aliphatic carbocycles. The number of nitrogens with zero attached hydrogens (tertiary/aromatic N) is 4. The molecule has 1 amide bonds. The third-order valence-corrected chi connectivity index (χ3v) is 5.10. The van der Waals surface area contributed by atoms with Gasteiger partial charge in [0.2, 0.25) is 5.91 Å². The van der Waals surface area contributed by atoms with Crippen LogP contribution in [0.3, 0.4) is 0 Å².